The monoisotopic (exact) mass is 364 g/mol. The first-order valence-corrected chi connectivity index (χ1v) is 8.97. The molecule has 5 rings (SSSR count). The zero-order valence-corrected chi connectivity index (χ0v) is 15.3. The molecular formula is C17H20N10. The molecule has 0 aliphatic carbocycles. The summed E-state index contributed by atoms with van der Waals surface area (Å²) in [4.78, 5) is 22.4. The summed E-state index contributed by atoms with van der Waals surface area (Å²) in [5.74, 6) is 1.90. The van der Waals surface area contributed by atoms with Crippen LogP contribution in [0.25, 0.3) is 22.1 Å². The first-order chi connectivity index (χ1) is 13.2. The van der Waals surface area contributed by atoms with Crippen molar-refractivity contribution in [2.24, 2.45) is 14.1 Å². The fourth-order valence-electron chi connectivity index (χ4n) is 3.74. The average molecular weight is 364 g/mol. The van der Waals surface area contributed by atoms with E-state index in [2.05, 4.69) is 39.9 Å². The first-order valence-electron chi connectivity index (χ1n) is 8.97. The molecule has 1 aliphatic rings. The van der Waals surface area contributed by atoms with Gasteiger partial charge in [-0.25, -0.2) is 19.9 Å². The van der Waals surface area contributed by atoms with Crippen molar-refractivity contribution in [1.82, 2.24) is 39.5 Å². The van der Waals surface area contributed by atoms with Gasteiger partial charge in [-0.15, -0.1) is 0 Å². The van der Waals surface area contributed by atoms with Gasteiger partial charge in [0.2, 0.25) is 0 Å². The van der Waals surface area contributed by atoms with Crippen LogP contribution in [-0.4, -0.2) is 65.7 Å². The van der Waals surface area contributed by atoms with E-state index in [0.717, 1.165) is 66.3 Å². The van der Waals surface area contributed by atoms with Gasteiger partial charge in [-0.05, 0) is 6.42 Å². The van der Waals surface area contributed by atoms with E-state index in [1.807, 2.05) is 26.5 Å². The summed E-state index contributed by atoms with van der Waals surface area (Å²) in [6.45, 7) is 3.57. The summed E-state index contributed by atoms with van der Waals surface area (Å²) in [5.41, 5.74) is 1.71. The van der Waals surface area contributed by atoms with E-state index >= 15 is 0 Å². The largest absolute Gasteiger partial charge is 0.354 e. The highest BCUT2D eigenvalue weighted by atomic mass is 15.3. The van der Waals surface area contributed by atoms with Crippen molar-refractivity contribution < 1.29 is 0 Å². The van der Waals surface area contributed by atoms with Crippen molar-refractivity contribution >= 4 is 33.7 Å². The van der Waals surface area contributed by atoms with Gasteiger partial charge in [-0.2, -0.15) is 10.2 Å². The van der Waals surface area contributed by atoms with Gasteiger partial charge in [0, 0.05) is 40.3 Å². The van der Waals surface area contributed by atoms with Gasteiger partial charge in [0.15, 0.2) is 11.3 Å². The van der Waals surface area contributed by atoms with Gasteiger partial charge in [0.1, 0.15) is 24.3 Å². The zero-order chi connectivity index (χ0) is 18.4. The Morgan fingerprint density at radius 1 is 0.667 bits per heavy atom. The minimum absolute atomic E-state index is 0.854. The number of aryl methyl sites for hydroxylation is 2. The molecular weight excluding hydrogens is 344 g/mol. The number of hydrogen-bond donors (Lipinski definition) is 0. The maximum atomic E-state index is 4.54. The number of aromatic nitrogens is 8. The standard InChI is InChI=1S/C17H20N10/c1-24-14-12(8-22-24)16(20-10-18-14)26-4-3-5-27(7-6-26)17-13-9-23-25(2)15(13)19-11-21-17/h8-11H,3-7H2,1-2H3. The fraction of sp³-hybridized carbons (Fsp3) is 0.412. The lowest BCUT2D eigenvalue weighted by atomic mass is 10.3. The van der Waals surface area contributed by atoms with Crippen molar-refractivity contribution in [2.45, 2.75) is 6.42 Å². The molecule has 0 spiro atoms. The number of fused-ring (bicyclic) bond motifs is 2. The van der Waals surface area contributed by atoms with Gasteiger partial charge in [-0.1, -0.05) is 0 Å². The highest BCUT2D eigenvalue weighted by Gasteiger charge is 2.22. The Labute approximate surface area is 155 Å². The summed E-state index contributed by atoms with van der Waals surface area (Å²) in [7, 11) is 3.80. The van der Waals surface area contributed by atoms with Crippen molar-refractivity contribution in [3.63, 3.8) is 0 Å². The maximum Gasteiger partial charge on any atom is 0.163 e. The molecule has 0 saturated carbocycles. The predicted octanol–water partition coefficient (Wildman–Crippen LogP) is 0.757. The third-order valence-electron chi connectivity index (χ3n) is 5.11. The van der Waals surface area contributed by atoms with Crippen LogP contribution in [0, 0.1) is 0 Å². The van der Waals surface area contributed by atoms with E-state index in [4.69, 9.17) is 0 Å². The molecule has 10 heteroatoms. The quantitative estimate of drug-likeness (QED) is 0.515. The molecule has 1 saturated heterocycles. The Kier molecular flexibility index (Phi) is 3.62. The van der Waals surface area contributed by atoms with E-state index in [9.17, 15) is 0 Å². The number of nitrogens with zero attached hydrogens (tertiary/aromatic N) is 10. The average Bonchev–Trinajstić information content (AvgIpc) is 3.16. The topological polar surface area (TPSA) is 93.7 Å². The lowest BCUT2D eigenvalue weighted by Gasteiger charge is -2.23. The number of anilines is 2. The molecule has 0 atom stereocenters. The van der Waals surface area contributed by atoms with Crippen LogP contribution in [0.4, 0.5) is 11.6 Å². The molecule has 0 bridgehead atoms. The molecule has 138 valence electrons. The predicted molar refractivity (Wildman–Crippen MR) is 102 cm³/mol. The zero-order valence-electron chi connectivity index (χ0n) is 15.3. The van der Waals surface area contributed by atoms with Gasteiger partial charge >= 0.3 is 0 Å². The molecule has 0 N–H and O–H groups in total. The molecule has 27 heavy (non-hydrogen) atoms. The van der Waals surface area contributed by atoms with Crippen molar-refractivity contribution in [2.75, 3.05) is 36.0 Å². The molecule has 1 aliphatic heterocycles. The molecule has 10 nitrogen and oxygen atoms in total. The van der Waals surface area contributed by atoms with Crippen LogP contribution < -0.4 is 9.80 Å². The van der Waals surface area contributed by atoms with E-state index in [1.165, 1.54) is 0 Å². The normalized spacial score (nSPS) is 15.6. The Balaban J connectivity index is 1.45. The van der Waals surface area contributed by atoms with Crippen molar-refractivity contribution in [1.29, 1.82) is 0 Å². The molecule has 1 fully saturated rings. The lowest BCUT2D eigenvalue weighted by molar-refractivity contribution is 0.782. The van der Waals surface area contributed by atoms with E-state index in [0.29, 0.717) is 0 Å². The van der Waals surface area contributed by atoms with Crippen LogP contribution in [0.3, 0.4) is 0 Å². The SMILES string of the molecule is Cn1ncc2c(N3CCCN(c4ncnc5c4cnn5C)CC3)ncnc21. The van der Waals surface area contributed by atoms with Crippen LogP contribution in [-0.2, 0) is 14.1 Å². The fourth-order valence-corrected chi connectivity index (χ4v) is 3.74. The number of rotatable bonds is 2. The molecule has 4 aromatic rings. The van der Waals surface area contributed by atoms with Crippen LogP contribution in [0.2, 0.25) is 0 Å². The molecule has 5 heterocycles. The molecule has 0 radical (unpaired) electrons. The first kappa shape index (κ1) is 15.9. The summed E-state index contributed by atoms with van der Waals surface area (Å²) in [6, 6.07) is 0. The van der Waals surface area contributed by atoms with E-state index in [-0.39, 0.29) is 0 Å². The Bertz CT molecular complexity index is 1030. The third-order valence-corrected chi connectivity index (χ3v) is 5.11. The summed E-state index contributed by atoms with van der Waals surface area (Å²) >= 11 is 0. The molecule has 0 aromatic carbocycles. The van der Waals surface area contributed by atoms with Crippen molar-refractivity contribution in [3.05, 3.63) is 25.0 Å². The van der Waals surface area contributed by atoms with Crippen LogP contribution in [0.5, 0.6) is 0 Å². The minimum Gasteiger partial charge on any atom is -0.354 e. The maximum absolute atomic E-state index is 4.54. The Morgan fingerprint density at radius 2 is 1.15 bits per heavy atom. The number of hydrogen-bond acceptors (Lipinski definition) is 8. The molecule has 0 unspecified atom stereocenters. The second kappa shape index (κ2) is 6.15. The third kappa shape index (κ3) is 2.56. The summed E-state index contributed by atoms with van der Waals surface area (Å²) in [5, 5.41) is 10.6. The smallest absolute Gasteiger partial charge is 0.163 e. The molecule has 4 aromatic heterocycles. The summed E-state index contributed by atoms with van der Waals surface area (Å²) in [6.07, 6.45) is 7.93. The van der Waals surface area contributed by atoms with Crippen LogP contribution in [0.15, 0.2) is 25.0 Å². The Hall–Kier alpha value is -3.30. The van der Waals surface area contributed by atoms with Crippen molar-refractivity contribution in [3.8, 4) is 0 Å². The van der Waals surface area contributed by atoms with Crippen LogP contribution >= 0.6 is 0 Å². The Morgan fingerprint density at radius 3 is 1.63 bits per heavy atom. The second-order valence-electron chi connectivity index (χ2n) is 6.73. The summed E-state index contributed by atoms with van der Waals surface area (Å²) < 4.78 is 3.56. The molecule has 0 amide bonds. The highest BCUT2D eigenvalue weighted by molar-refractivity contribution is 5.87. The van der Waals surface area contributed by atoms with Gasteiger partial charge < -0.3 is 9.80 Å². The van der Waals surface area contributed by atoms with E-state index < -0.39 is 0 Å². The van der Waals surface area contributed by atoms with Crippen LogP contribution in [0.1, 0.15) is 6.42 Å². The minimum atomic E-state index is 0.854. The van der Waals surface area contributed by atoms with Gasteiger partial charge in [0.05, 0.1) is 23.2 Å². The van der Waals surface area contributed by atoms with E-state index in [1.54, 1.807) is 22.0 Å². The highest BCUT2D eigenvalue weighted by Crippen LogP contribution is 2.26. The van der Waals surface area contributed by atoms with Gasteiger partial charge in [-0.3, -0.25) is 9.36 Å². The second-order valence-corrected chi connectivity index (χ2v) is 6.73. The lowest BCUT2D eigenvalue weighted by Crippen LogP contribution is -2.31. The van der Waals surface area contributed by atoms with Gasteiger partial charge in [0.25, 0.3) is 0 Å².